The van der Waals surface area contributed by atoms with Crippen LogP contribution in [0.15, 0.2) is 0 Å². The van der Waals surface area contributed by atoms with Crippen molar-refractivity contribution in [3.63, 3.8) is 0 Å². The predicted molar refractivity (Wildman–Crippen MR) is 119 cm³/mol. The van der Waals surface area contributed by atoms with E-state index in [0.717, 1.165) is 12.8 Å². The van der Waals surface area contributed by atoms with E-state index in [4.69, 9.17) is 4.74 Å². The van der Waals surface area contributed by atoms with Crippen molar-refractivity contribution < 1.29 is 25.2 Å². The molecule has 0 aliphatic carbocycles. The second-order valence-electron chi connectivity index (χ2n) is 9.45. The van der Waals surface area contributed by atoms with Crippen LogP contribution in [-0.2, 0) is 4.74 Å². The van der Waals surface area contributed by atoms with E-state index >= 15 is 0 Å². The van der Waals surface area contributed by atoms with Gasteiger partial charge in [-0.25, -0.2) is 4.90 Å². The molecule has 6 heteroatoms. The zero-order valence-electron chi connectivity index (χ0n) is 19.2. The summed E-state index contributed by atoms with van der Waals surface area (Å²) in [6.45, 7) is 2.11. The van der Waals surface area contributed by atoms with Crippen molar-refractivity contribution in [1.29, 1.82) is 0 Å². The Morgan fingerprint density at radius 1 is 0.600 bits per heavy atom. The van der Waals surface area contributed by atoms with Gasteiger partial charge in [-0.3, -0.25) is 0 Å². The zero-order chi connectivity index (χ0) is 21.9. The summed E-state index contributed by atoms with van der Waals surface area (Å²) >= 11 is 0. The molecule has 3 aliphatic rings. The highest BCUT2D eigenvalue weighted by Gasteiger charge is 2.78. The number of fused-ring (bicyclic) bond motifs is 1. The van der Waals surface area contributed by atoms with E-state index in [1.807, 2.05) is 0 Å². The van der Waals surface area contributed by atoms with Gasteiger partial charge < -0.3 is 25.2 Å². The lowest BCUT2D eigenvalue weighted by atomic mass is 10.0. The Morgan fingerprint density at radius 2 is 0.933 bits per heavy atom. The lowest BCUT2D eigenvalue weighted by Gasteiger charge is -2.56. The van der Waals surface area contributed by atoms with Gasteiger partial charge in [-0.2, -0.15) is 0 Å². The average Bonchev–Trinajstić information content (AvgIpc) is 3.07. The Labute approximate surface area is 183 Å². The highest BCUT2D eigenvalue weighted by molar-refractivity contribution is 5.20. The van der Waals surface area contributed by atoms with Crippen LogP contribution in [0.2, 0.25) is 0 Å². The van der Waals surface area contributed by atoms with Crippen molar-refractivity contribution in [3.8, 4) is 0 Å². The molecule has 4 atom stereocenters. The van der Waals surface area contributed by atoms with E-state index in [2.05, 4.69) is 6.92 Å². The normalized spacial score (nSPS) is 30.7. The third kappa shape index (κ3) is 5.96. The summed E-state index contributed by atoms with van der Waals surface area (Å²) in [6.07, 6.45) is 18.6. The summed E-state index contributed by atoms with van der Waals surface area (Å²) in [6, 6.07) is 0. The second-order valence-corrected chi connectivity index (χ2v) is 9.45. The zero-order valence-corrected chi connectivity index (χ0v) is 19.2. The summed E-state index contributed by atoms with van der Waals surface area (Å²) in [5.74, 6) is 0. The molecule has 3 saturated heterocycles. The summed E-state index contributed by atoms with van der Waals surface area (Å²) in [4.78, 5) is 1.76. The number of nitrogens with zero attached hydrogens (tertiary/aromatic N) is 1. The number of aliphatic hydroxyl groups excluding tert-OH is 4. The van der Waals surface area contributed by atoms with Gasteiger partial charge in [-0.05, 0) is 6.42 Å². The van der Waals surface area contributed by atoms with E-state index in [-0.39, 0.29) is 13.2 Å². The van der Waals surface area contributed by atoms with Gasteiger partial charge in [0.2, 0.25) is 0 Å². The molecular weight excluding hydrogens is 382 g/mol. The minimum atomic E-state index is -1.24. The van der Waals surface area contributed by atoms with E-state index in [0.29, 0.717) is 6.54 Å². The smallest absolute Gasteiger partial charge is 0.178 e. The highest BCUT2D eigenvalue weighted by atomic mass is 16.7. The van der Waals surface area contributed by atoms with Gasteiger partial charge in [-0.1, -0.05) is 103 Å². The van der Waals surface area contributed by atoms with Gasteiger partial charge in [0.1, 0.15) is 12.2 Å². The maximum Gasteiger partial charge on any atom is 0.178 e. The van der Waals surface area contributed by atoms with Gasteiger partial charge in [0, 0.05) is 6.54 Å². The first-order valence-electron chi connectivity index (χ1n) is 12.6. The maximum absolute atomic E-state index is 10.2. The first kappa shape index (κ1) is 26.0. The molecule has 0 aromatic rings. The van der Waals surface area contributed by atoms with Crippen LogP contribution in [0.25, 0.3) is 0 Å². The molecule has 3 aliphatic heterocycles. The fourth-order valence-electron chi connectivity index (χ4n) is 5.25. The molecule has 178 valence electrons. The van der Waals surface area contributed by atoms with Crippen LogP contribution in [0.1, 0.15) is 110 Å². The van der Waals surface area contributed by atoms with Gasteiger partial charge >= 0.3 is 0 Å². The number of ether oxygens (including phenoxy) is 1. The number of rotatable bonds is 19. The SMILES string of the molecule is CCCCCCCCCCCCCCCCCCN1[C@@]2(CO)O[C@]1(CO)[C@@H](O)[C@@H]2O. The number of unbranched alkanes of at least 4 members (excludes halogenated alkanes) is 15. The molecule has 0 unspecified atom stereocenters. The molecule has 2 bridgehead atoms. The molecule has 0 aromatic heterocycles. The Kier molecular flexibility index (Phi) is 11.6. The summed E-state index contributed by atoms with van der Waals surface area (Å²) in [5.41, 5.74) is -2.48. The van der Waals surface area contributed by atoms with Crippen molar-refractivity contribution in [2.75, 3.05) is 19.8 Å². The van der Waals surface area contributed by atoms with Gasteiger partial charge in [0.25, 0.3) is 0 Å². The van der Waals surface area contributed by atoms with Crippen molar-refractivity contribution >= 4 is 0 Å². The summed E-state index contributed by atoms with van der Waals surface area (Å²) < 4.78 is 5.57. The maximum atomic E-state index is 10.2. The predicted octanol–water partition coefficient (Wildman–Crippen LogP) is 3.69. The van der Waals surface area contributed by atoms with E-state index in [9.17, 15) is 20.4 Å². The van der Waals surface area contributed by atoms with E-state index in [1.54, 1.807) is 4.90 Å². The Balaban J connectivity index is 1.41. The number of hydrogen-bond acceptors (Lipinski definition) is 6. The molecule has 3 rings (SSSR count). The molecule has 4 N–H and O–H groups in total. The van der Waals surface area contributed by atoms with Crippen LogP contribution >= 0.6 is 0 Å². The van der Waals surface area contributed by atoms with Crippen LogP contribution in [0.5, 0.6) is 0 Å². The molecule has 3 heterocycles. The van der Waals surface area contributed by atoms with Crippen LogP contribution in [0, 0.1) is 0 Å². The molecule has 0 saturated carbocycles. The van der Waals surface area contributed by atoms with E-state index in [1.165, 1.54) is 89.9 Å². The number of hydrogen-bond donors (Lipinski definition) is 4. The summed E-state index contributed by atoms with van der Waals surface area (Å²) in [5, 5.41) is 39.6. The van der Waals surface area contributed by atoms with Crippen molar-refractivity contribution in [2.24, 2.45) is 0 Å². The van der Waals surface area contributed by atoms with Gasteiger partial charge in [0.05, 0.1) is 13.2 Å². The average molecular weight is 430 g/mol. The Morgan fingerprint density at radius 3 is 1.27 bits per heavy atom. The largest absolute Gasteiger partial charge is 0.392 e. The minimum Gasteiger partial charge on any atom is -0.392 e. The van der Waals surface area contributed by atoms with Gasteiger partial charge in [0.15, 0.2) is 11.4 Å². The van der Waals surface area contributed by atoms with Crippen molar-refractivity contribution in [3.05, 3.63) is 0 Å². The molecule has 30 heavy (non-hydrogen) atoms. The molecular formula is C24H47NO5. The van der Waals surface area contributed by atoms with E-state index < -0.39 is 23.7 Å². The van der Waals surface area contributed by atoms with Crippen molar-refractivity contribution in [1.82, 2.24) is 4.90 Å². The molecule has 3 fully saturated rings. The first-order chi connectivity index (χ1) is 14.6. The standard InChI is InChI=1S/C24H47NO5/c1-2-3-4-5-6-7-8-9-10-11-12-13-14-15-16-17-18-25-23(19-26)21(28)22(29)24(25,20-27)30-23/h21-22,26-29H,2-20H2,1H3/t21-,22-,23-,24+/m0/s1. The molecule has 0 spiro atoms. The third-order valence-corrected chi connectivity index (χ3v) is 7.18. The lowest BCUT2D eigenvalue weighted by molar-refractivity contribution is -0.403. The van der Waals surface area contributed by atoms with Crippen LogP contribution in [0.3, 0.4) is 0 Å². The number of aliphatic hydroxyl groups is 4. The Hall–Kier alpha value is -0.240. The minimum absolute atomic E-state index is 0.383. The molecule has 0 radical (unpaired) electrons. The quantitative estimate of drug-likeness (QED) is 0.234. The van der Waals surface area contributed by atoms with Crippen LogP contribution in [-0.4, -0.2) is 68.7 Å². The van der Waals surface area contributed by atoms with Crippen LogP contribution < -0.4 is 0 Å². The van der Waals surface area contributed by atoms with Crippen LogP contribution in [0.4, 0.5) is 0 Å². The monoisotopic (exact) mass is 429 g/mol. The second kappa shape index (κ2) is 13.3. The fourth-order valence-corrected chi connectivity index (χ4v) is 5.25. The fraction of sp³-hybridized carbons (Fsp3) is 1.00. The summed E-state index contributed by atoms with van der Waals surface area (Å²) in [7, 11) is 0. The third-order valence-electron chi connectivity index (χ3n) is 7.18. The first-order valence-corrected chi connectivity index (χ1v) is 12.6. The Bertz CT molecular complexity index is 443. The van der Waals surface area contributed by atoms with Gasteiger partial charge in [-0.15, -0.1) is 0 Å². The molecule has 0 aromatic carbocycles. The van der Waals surface area contributed by atoms with Crippen molar-refractivity contribution in [2.45, 2.75) is 133 Å². The lowest BCUT2D eigenvalue weighted by Crippen LogP contribution is -2.75. The molecule has 6 nitrogen and oxygen atoms in total. The topological polar surface area (TPSA) is 93.4 Å². The molecule has 0 amide bonds. The highest BCUT2D eigenvalue weighted by Crippen LogP contribution is 2.54.